The van der Waals surface area contributed by atoms with Crippen molar-refractivity contribution >= 4 is 34.0 Å². The molecule has 120 valence electrons. The van der Waals surface area contributed by atoms with Crippen LogP contribution in [-0.4, -0.2) is 39.8 Å². The van der Waals surface area contributed by atoms with E-state index in [4.69, 9.17) is 5.73 Å². The van der Waals surface area contributed by atoms with Crippen LogP contribution < -0.4 is 11.1 Å². The number of primary amides is 1. The molecular formula is C15H17N5O2S. The minimum absolute atomic E-state index is 0.108. The number of piperidine rings is 1. The molecule has 23 heavy (non-hydrogen) atoms. The van der Waals surface area contributed by atoms with Gasteiger partial charge in [-0.15, -0.1) is 11.3 Å². The lowest BCUT2D eigenvalue weighted by Crippen LogP contribution is -2.41. The molecule has 1 aliphatic rings. The third kappa shape index (κ3) is 3.65. The number of nitrogens with one attached hydrogen (secondary N) is 1. The maximum absolute atomic E-state index is 12.5. The van der Waals surface area contributed by atoms with Crippen molar-refractivity contribution in [3.63, 3.8) is 0 Å². The monoisotopic (exact) mass is 331 g/mol. The molecule has 2 aromatic rings. The molecule has 7 nitrogen and oxygen atoms in total. The molecule has 8 heteroatoms. The summed E-state index contributed by atoms with van der Waals surface area (Å²) in [6.07, 6.45) is 4.62. The zero-order chi connectivity index (χ0) is 16.2. The predicted molar refractivity (Wildman–Crippen MR) is 87.5 cm³/mol. The average Bonchev–Trinajstić information content (AvgIpc) is 3.03. The summed E-state index contributed by atoms with van der Waals surface area (Å²) in [6, 6.07) is 3.70. The third-order valence-electron chi connectivity index (χ3n) is 3.82. The van der Waals surface area contributed by atoms with Crippen LogP contribution in [0, 0.1) is 5.92 Å². The summed E-state index contributed by atoms with van der Waals surface area (Å²) in [5.41, 5.74) is 6.55. The number of aromatic nitrogens is 2. The van der Waals surface area contributed by atoms with Gasteiger partial charge < -0.3 is 16.0 Å². The van der Waals surface area contributed by atoms with E-state index in [1.807, 2.05) is 12.1 Å². The quantitative estimate of drug-likeness (QED) is 0.886. The molecule has 1 fully saturated rings. The van der Waals surface area contributed by atoms with Gasteiger partial charge in [-0.05, 0) is 25.0 Å². The molecule has 3 rings (SSSR count). The molecule has 1 saturated heterocycles. The Morgan fingerprint density at radius 1 is 1.35 bits per heavy atom. The number of hydrogen-bond donors (Lipinski definition) is 2. The van der Waals surface area contributed by atoms with E-state index < -0.39 is 0 Å². The lowest BCUT2D eigenvalue weighted by molar-refractivity contribution is -0.123. The first-order valence-electron chi connectivity index (χ1n) is 7.34. The van der Waals surface area contributed by atoms with Crippen LogP contribution in [-0.2, 0) is 4.79 Å². The summed E-state index contributed by atoms with van der Waals surface area (Å²) in [5.74, 6) is -0.519. The fraction of sp³-hybridized carbons (Fsp3) is 0.333. The summed E-state index contributed by atoms with van der Waals surface area (Å²) in [4.78, 5) is 33.7. The standard InChI is InChI=1S/C15H17N5O2S/c16-13(21)10-3-6-20(7-4-10)14(22)12-9-23-15(19-12)18-11-2-1-5-17-8-11/h1-2,5,8-10H,3-4,6-7H2,(H2,16,21)(H,18,19). The maximum Gasteiger partial charge on any atom is 0.273 e. The van der Waals surface area contributed by atoms with Crippen molar-refractivity contribution in [1.29, 1.82) is 0 Å². The highest BCUT2D eigenvalue weighted by atomic mass is 32.1. The first kappa shape index (κ1) is 15.4. The Morgan fingerprint density at radius 3 is 2.78 bits per heavy atom. The minimum atomic E-state index is -0.284. The second-order valence-corrected chi connectivity index (χ2v) is 6.23. The first-order valence-corrected chi connectivity index (χ1v) is 8.22. The van der Waals surface area contributed by atoms with Gasteiger partial charge in [-0.1, -0.05) is 0 Å². The van der Waals surface area contributed by atoms with Gasteiger partial charge in [0.1, 0.15) is 5.69 Å². The van der Waals surface area contributed by atoms with Gasteiger partial charge in [0, 0.05) is 30.6 Å². The van der Waals surface area contributed by atoms with Crippen molar-refractivity contribution in [2.24, 2.45) is 11.7 Å². The maximum atomic E-state index is 12.5. The smallest absolute Gasteiger partial charge is 0.273 e. The Labute approximate surface area is 137 Å². The Bertz CT molecular complexity index is 695. The van der Waals surface area contributed by atoms with E-state index >= 15 is 0 Å². The Hall–Kier alpha value is -2.48. The number of nitrogens with zero attached hydrogens (tertiary/aromatic N) is 3. The average molecular weight is 331 g/mol. The van der Waals surface area contributed by atoms with E-state index in [9.17, 15) is 9.59 Å². The third-order valence-corrected chi connectivity index (χ3v) is 4.58. The van der Waals surface area contributed by atoms with Gasteiger partial charge in [0.15, 0.2) is 5.13 Å². The minimum Gasteiger partial charge on any atom is -0.369 e. The summed E-state index contributed by atoms with van der Waals surface area (Å²) < 4.78 is 0. The van der Waals surface area contributed by atoms with E-state index in [2.05, 4.69) is 15.3 Å². The van der Waals surface area contributed by atoms with E-state index in [-0.39, 0.29) is 17.7 Å². The lowest BCUT2D eigenvalue weighted by Gasteiger charge is -2.30. The number of likely N-dealkylation sites (tertiary alicyclic amines) is 1. The van der Waals surface area contributed by atoms with E-state index in [0.29, 0.717) is 36.8 Å². The van der Waals surface area contributed by atoms with Crippen molar-refractivity contribution in [3.8, 4) is 0 Å². The predicted octanol–water partition coefficient (Wildman–Crippen LogP) is 1.62. The highest BCUT2D eigenvalue weighted by Crippen LogP contribution is 2.23. The molecular weight excluding hydrogens is 314 g/mol. The number of thiazole rings is 1. The van der Waals surface area contributed by atoms with Crippen molar-refractivity contribution in [2.75, 3.05) is 18.4 Å². The molecule has 1 aliphatic heterocycles. The van der Waals surface area contributed by atoms with Gasteiger partial charge in [0.2, 0.25) is 5.91 Å². The Kier molecular flexibility index (Phi) is 4.52. The topological polar surface area (TPSA) is 101 Å². The number of carbonyl (C=O) groups is 2. The summed E-state index contributed by atoms with van der Waals surface area (Å²) in [7, 11) is 0. The number of rotatable bonds is 4. The Morgan fingerprint density at radius 2 is 2.13 bits per heavy atom. The van der Waals surface area contributed by atoms with Crippen LogP contribution in [0.1, 0.15) is 23.3 Å². The number of amides is 2. The molecule has 0 radical (unpaired) electrons. The van der Waals surface area contributed by atoms with Gasteiger partial charge in [-0.25, -0.2) is 4.98 Å². The molecule has 0 spiro atoms. The zero-order valence-corrected chi connectivity index (χ0v) is 13.3. The zero-order valence-electron chi connectivity index (χ0n) is 12.4. The summed E-state index contributed by atoms with van der Waals surface area (Å²) >= 11 is 1.37. The van der Waals surface area contributed by atoms with Crippen LogP contribution in [0.2, 0.25) is 0 Å². The van der Waals surface area contributed by atoms with Gasteiger partial charge in [-0.3, -0.25) is 14.6 Å². The van der Waals surface area contributed by atoms with Crippen LogP contribution in [0.15, 0.2) is 29.9 Å². The van der Waals surface area contributed by atoms with Crippen molar-refractivity contribution in [2.45, 2.75) is 12.8 Å². The molecule has 0 atom stereocenters. The van der Waals surface area contributed by atoms with Gasteiger partial charge >= 0.3 is 0 Å². The molecule has 2 aromatic heterocycles. The van der Waals surface area contributed by atoms with Crippen LogP contribution in [0.25, 0.3) is 0 Å². The molecule has 2 amide bonds. The molecule has 0 aromatic carbocycles. The molecule has 0 bridgehead atoms. The fourth-order valence-corrected chi connectivity index (χ4v) is 3.22. The van der Waals surface area contributed by atoms with Crippen LogP contribution in [0.3, 0.4) is 0 Å². The normalized spacial score (nSPS) is 15.4. The van der Waals surface area contributed by atoms with Crippen molar-refractivity contribution < 1.29 is 9.59 Å². The van der Waals surface area contributed by atoms with Crippen LogP contribution in [0.5, 0.6) is 0 Å². The second kappa shape index (κ2) is 6.74. The van der Waals surface area contributed by atoms with Crippen molar-refractivity contribution in [3.05, 3.63) is 35.6 Å². The SMILES string of the molecule is NC(=O)C1CCN(C(=O)c2csc(Nc3cccnc3)n2)CC1. The van der Waals surface area contributed by atoms with E-state index in [1.165, 1.54) is 11.3 Å². The number of pyridine rings is 1. The highest BCUT2D eigenvalue weighted by Gasteiger charge is 2.27. The first-order chi connectivity index (χ1) is 11.1. The lowest BCUT2D eigenvalue weighted by atomic mass is 9.96. The molecule has 0 aliphatic carbocycles. The Balaban J connectivity index is 1.62. The van der Waals surface area contributed by atoms with Crippen LogP contribution >= 0.6 is 11.3 Å². The number of anilines is 2. The fourth-order valence-electron chi connectivity index (χ4n) is 2.52. The largest absolute Gasteiger partial charge is 0.369 e. The number of hydrogen-bond acceptors (Lipinski definition) is 6. The number of carbonyl (C=O) groups excluding carboxylic acids is 2. The van der Waals surface area contributed by atoms with E-state index in [0.717, 1.165) is 5.69 Å². The van der Waals surface area contributed by atoms with Gasteiger partial charge in [-0.2, -0.15) is 0 Å². The second-order valence-electron chi connectivity index (χ2n) is 5.37. The van der Waals surface area contributed by atoms with Crippen LogP contribution in [0.4, 0.5) is 10.8 Å². The highest BCUT2D eigenvalue weighted by molar-refractivity contribution is 7.14. The summed E-state index contributed by atoms with van der Waals surface area (Å²) in [6.45, 7) is 1.07. The number of nitrogens with two attached hydrogens (primary N) is 1. The van der Waals surface area contributed by atoms with Gasteiger partial charge in [0.25, 0.3) is 5.91 Å². The molecule has 3 N–H and O–H groups in total. The molecule has 0 saturated carbocycles. The molecule has 3 heterocycles. The molecule has 0 unspecified atom stereocenters. The van der Waals surface area contributed by atoms with Crippen molar-refractivity contribution in [1.82, 2.24) is 14.9 Å². The van der Waals surface area contributed by atoms with Gasteiger partial charge in [0.05, 0.1) is 11.9 Å². The summed E-state index contributed by atoms with van der Waals surface area (Å²) in [5, 5.41) is 5.50. The van der Waals surface area contributed by atoms with E-state index in [1.54, 1.807) is 22.7 Å².